The lowest BCUT2D eigenvalue weighted by molar-refractivity contribution is -0.123. The highest BCUT2D eigenvalue weighted by atomic mass is 79.9. The molecule has 0 bridgehead atoms. The third-order valence-corrected chi connectivity index (χ3v) is 6.34. The minimum Gasteiger partial charge on any atom is -0.490 e. The van der Waals surface area contributed by atoms with Gasteiger partial charge in [-0.1, -0.05) is 36.4 Å². The Balaban J connectivity index is 1.68. The standard InChI is InChI=1S/C21H16Br2ClNO4S/c1-2-8-29-19-14(22)10-13(11-15(19)23)12-18-20(26)25(21(27)30-18)7-9-28-17-6-4-3-5-16(17)24/h2-6,10-12H,1,7-9H2/b18-12-. The Bertz CT molecular complexity index is 1000. The topological polar surface area (TPSA) is 55.8 Å². The van der Waals surface area contributed by atoms with Crippen LogP contribution in [-0.2, 0) is 4.79 Å². The Morgan fingerprint density at radius 3 is 2.50 bits per heavy atom. The molecule has 1 heterocycles. The van der Waals surface area contributed by atoms with Gasteiger partial charge >= 0.3 is 0 Å². The summed E-state index contributed by atoms with van der Waals surface area (Å²) < 4.78 is 12.6. The monoisotopic (exact) mass is 571 g/mol. The summed E-state index contributed by atoms with van der Waals surface area (Å²) >= 11 is 13.9. The van der Waals surface area contributed by atoms with Crippen LogP contribution >= 0.6 is 55.2 Å². The molecule has 0 spiro atoms. The highest BCUT2D eigenvalue weighted by molar-refractivity contribution is 9.11. The van der Waals surface area contributed by atoms with Gasteiger partial charge in [0, 0.05) is 0 Å². The number of carbonyl (C=O) groups is 2. The second-order valence-corrected chi connectivity index (χ2v) is 9.13. The summed E-state index contributed by atoms with van der Waals surface area (Å²) in [5, 5.41) is 0.140. The van der Waals surface area contributed by atoms with Crippen LogP contribution in [0.1, 0.15) is 5.56 Å². The number of amides is 2. The molecule has 1 fully saturated rings. The molecule has 2 amide bonds. The number of para-hydroxylation sites is 1. The number of imide groups is 1. The molecule has 5 nitrogen and oxygen atoms in total. The number of nitrogens with zero attached hydrogens (tertiary/aromatic N) is 1. The molecule has 0 aliphatic carbocycles. The molecule has 30 heavy (non-hydrogen) atoms. The Kier molecular flexibility index (Phi) is 8.05. The van der Waals surface area contributed by atoms with Crippen LogP contribution in [0.5, 0.6) is 11.5 Å². The van der Waals surface area contributed by atoms with Crippen LogP contribution in [0, 0.1) is 0 Å². The Hall–Kier alpha value is -1.74. The number of ether oxygens (including phenoxy) is 2. The van der Waals surface area contributed by atoms with Gasteiger partial charge in [-0.25, -0.2) is 0 Å². The number of hydrogen-bond donors (Lipinski definition) is 0. The number of halogens is 3. The maximum atomic E-state index is 12.7. The van der Waals surface area contributed by atoms with Gasteiger partial charge in [-0.2, -0.15) is 0 Å². The molecule has 1 aliphatic heterocycles. The summed E-state index contributed by atoms with van der Waals surface area (Å²) in [6.07, 6.45) is 3.32. The molecule has 1 aliphatic rings. The third kappa shape index (κ3) is 5.49. The van der Waals surface area contributed by atoms with Crippen molar-refractivity contribution in [3.05, 3.63) is 73.5 Å². The summed E-state index contributed by atoms with van der Waals surface area (Å²) in [5.74, 6) is 0.791. The Morgan fingerprint density at radius 1 is 1.13 bits per heavy atom. The molecule has 0 unspecified atom stereocenters. The smallest absolute Gasteiger partial charge is 0.293 e. The lowest BCUT2D eigenvalue weighted by atomic mass is 10.2. The molecular formula is C21H16Br2ClNO4S. The van der Waals surface area contributed by atoms with Crippen molar-refractivity contribution in [1.29, 1.82) is 0 Å². The van der Waals surface area contributed by atoms with Crippen LogP contribution in [0.2, 0.25) is 5.02 Å². The fourth-order valence-electron chi connectivity index (χ4n) is 2.60. The third-order valence-electron chi connectivity index (χ3n) is 3.95. The van der Waals surface area contributed by atoms with Crippen LogP contribution in [-0.4, -0.2) is 35.8 Å². The van der Waals surface area contributed by atoms with E-state index in [1.165, 1.54) is 4.90 Å². The molecule has 2 aromatic rings. The van der Waals surface area contributed by atoms with E-state index >= 15 is 0 Å². The quantitative estimate of drug-likeness (QED) is 0.265. The van der Waals surface area contributed by atoms with Gasteiger partial charge in [0.2, 0.25) is 0 Å². The van der Waals surface area contributed by atoms with E-state index in [1.54, 1.807) is 36.4 Å². The number of thioether (sulfide) groups is 1. The maximum absolute atomic E-state index is 12.7. The zero-order chi connectivity index (χ0) is 21.7. The highest BCUT2D eigenvalue weighted by Crippen LogP contribution is 2.37. The summed E-state index contributed by atoms with van der Waals surface area (Å²) in [4.78, 5) is 26.5. The zero-order valence-corrected chi connectivity index (χ0v) is 20.3. The molecule has 0 saturated carbocycles. The predicted octanol–water partition coefficient (Wildman–Crippen LogP) is 6.55. The molecule has 0 aromatic heterocycles. The van der Waals surface area contributed by atoms with Crippen molar-refractivity contribution in [1.82, 2.24) is 4.90 Å². The van der Waals surface area contributed by atoms with Crippen LogP contribution in [0.4, 0.5) is 4.79 Å². The second kappa shape index (κ2) is 10.5. The first-order valence-corrected chi connectivity index (χ1v) is 11.5. The Morgan fingerprint density at radius 2 is 1.83 bits per heavy atom. The predicted molar refractivity (Wildman–Crippen MR) is 127 cm³/mol. The van der Waals surface area contributed by atoms with Crippen molar-refractivity contribution in [3.8, 4) is 11.5 Å². The molecule has 2 aromatic carbocycles. The van der Waals surface area contributed by atoms with Crippen molar-refractivity contribution in [2.24, 2.45) is 0 Å². The van der Waals surface area contributed by atoms with Crippen molar-refractivity contribution >= 4 is 72.4 Å². The maximum Gasteiger partial charge on any atom is 0.293 e. The Labute approximate surface area is 200 Å². The van der Waals surface area contributed by atoms with Gasteiger partial charge in [-0.15, -0.1) is 0 Å². The molecule has 0 atom stereocenters. The molecule has 9 heteroatoms. The molecule has 0 N–H and O–H groups in total. The first-order chi connectivity index (χ1) is 14.4. The van der Waals surface area contributed by atoms with E-state index in [-0.39, 0.29) is 24.3 Å². The lowest BCUT2D eigenvalue weighted by Crippen LogP contribution is -2.32. The molecule has 1 saturated heterocycles. The van der Waals surface area contributed by atoms with Crippen LogP contribution in [0.3, 0.4) is 0 Å². The lowest BCUT2D eigenvalue weighted by Gasteiger charge is -2.13. The normalized spacial score (nSPS) is 15.0. The van der Waals surface area contributed by atoms with Gasteiger partial charge in [-0.3, -0.25) is 14.5 Å². The minimum atomic E-state index is -0.355. The van der Waals surface area contributed by atoms with Gasteiger partial charge < -0.3 is 9.47 Å². The van der Waals surface area contributed by atoms with E-state index < -0.39 is 0 Å². The van der Waals surface area contributed by atoms with E-state index in [0.717, 1.165) is 26.3 Å². The SMILES string of the molecule is C=CCOc1c(Br)cc(/C=C2\SC(=O)N(CCOc3ccccc3Cl)C2=O)cc1Br. The minimum absolute atomic E-state index is 0.134. The van der Waals surface area contributed by atoms with Gasteiger partial charge in [0.15, 0.2) is 0 Å². The first-order valence-electron chi connectivity index (χ1n) is 8.76. The number of rotatable bonds is 8. The zero-order valence-electron chi connectivity index (χ0n) is 15.6. The van der Waals surface area contributed by atoms with E-state index in [1.807, 2.05) is 12.1 Å². The summed E-state index contributed by atoms with van der Waals surface area (Å²) in [5.41, 5.74) is 0.748. The van der Waals surface area contributed by atoms with Crippen LogP contribution < -0.4 is 9.47 Å². The number of carbonyl (C=O) groups excluding carboxylic acids is 2. The van der Waals surface area contributed by atoms with Crippen molar-refractivity contribution < 1.29 is 19.1 Å². The van der Waals surface area contributed by atoms with Crippen molar-refractivity contribution in [3.63, 3.8) is 0 Å². The van der Waals surface area contributed by atoms with E-state index in [0.29, 0.717) is 28.0 Å². The number of benzene rings is 2. The van der Waals surface area contributed by atoms with Crippen molar-refractivity contribution in [2.45, 2.75) is 0 Å². The largest absolute Gasteiger partial charge is 0.490 e. The summed E-state index contributed by atoms with van der Waals surface area (Å²) in [6.45, 7) is 4.28. The van der Waals surface area contributed by atoms with Crippen LogP contribution in [0.15, 0.2) is 62.9 Å². The van der Waals surface area contributed by atoms with E-state index in [2.05, 4.69) is 38.4 Å². The van der Waals surface area contributed by atoms with E-state index in [4.69, 9.17) is 21.1 Å². The first kappa shape index (κ1) is 22.9. The van der Waals surface area contributed by atoms with E-state index in [9.17, 15) is 9.59 Å². The van der Waals surface area contributed by atoms with Gasteiger partial charge in [0.25, 0.3) is 11.1 Å². The fraction of sp³-hybridized carbons (Fsp3) is 0.143. The summed E-state index contributed by atoms with van der Waals surface area (Å²) in [6, 6.07) is 10.7. The average molecular weight is 574 g/mol. The molecule has 156 valence electrons. The fourth-order valence-corrected chi connectivity index (χ4v) is 5.10. The highest BCUT2D eigenvalue weighted by Gasteiger charge is 2.34. The van der Waals surface area contributed by atoms with Gasteiger partial charge in [0.05, 0.1) is 25.4 Å². The van der Waals surface area contributed by atoms with Gasteiger partial charge in [0.1, 0.15) is 24.7 Å². The van der Waals surface area contributed by atoms with Crippen LogP contribution in [0.25, 0.3) is 6.08 Å². The molecule has 0 radical (unpaired) electrons. The molecular weight excluding hydrogens is 558 g/mol. The average Bonchev–Trinajstić information content (AvgIpc) is 2.96. The number of hydrogen-bond acceptors (Lipinski definition) is 5. The molecule has 3 rings (SSSR count). The second-order valence-electron chi connectivity index (χ2n) is 6.03. The summed E-state index contributed by atoms with van der Waals surface area (Å²) in [7, 11) is 0. The van der Waals surface area contributed by atoms with Gasteiger partial charge in [-0.05, 0) is 79.5 Å². The van der Waals surface area contributed by atoms with Crippen molar-refractivity contribution in [2.75, 3.05) is 19.8 Å².